The lowest BCUT2D eigenvalue weighted by molar-refractivity contribution is -0.130. The van der Waals surface area contributed by atoms with Crippen molar-refractivity contribution < 1.29 is 14.7 Å². The van der Waals surface area contributed by atoms with E-state index in [4.69, 9.17) is 5.11 Å². The van der Waals surface area contributed by atoms with Crippen molar-refractivity contribution in [1.82, 2.24) is 14.9 Å². The third kappa shape index (κ3) is 4.14. The van der Waals surface area contributed by atoms with Crippen molar-refractivity contribution in [3.63, 3.8) is 0 Å². The number of hydrogen-bond donors (Lipinski definition) is 2. The van der Waals surface area contributed by atoms with Crippen LogP contribution in [0.4, 0.5) is 5.82 Å². The molecule has 0 radical (unpaired) electrons. The van der Waals surface area contributed by atoms with Gasteiger partial charge in [0.2, 0.25) is 5.91 Å². The first-order chi connectivity index (χ1) is 10.1. The maximum atomic E-state index is 12.1. The molecular weight excluding hydrogens is 272 g/mol. The van der Waals surface area contributed by atoms with Gasteiger partial charge in [-0.05, 0) is 12.8 Å². The lowest BCUT2D eigenvalue weighted by Crippen LogP contribution is -2.41. The van der Waals surface area contributed by atoms with Crippen molar-refractivity contribution in [3.8, 4) is 0 Å². The third-order valence-corrected chi connectivity index (χ3v) is 3.81. The molecule has 21 heavy (non-hydrogen) atoms. The van der Waals surface area contributed by atoms with Gasteiger partial charge in [-0.3, -0.25) is 4.79 Å². The molecule has 1 fully saturated rings. The molecule has 0 spiro atoms. The molecule has 1 aromatic rings. The number of nitrogens with zero attached hydrogens (tertiary/aromatic N) is 3. The van der Waals surface area contributed by atoms with E-state index >= 15 is 0 Å². The lowest BCUT2D eigenvalue weighted by atomic mass is 9.94. The number of aromatic carboxylic acids is 1. The van der Waals surface area contributed by atoms with Gasteiger partial charge in [0.1, 0.15) is 5.82 Å². The van der Waals surface area contributed by atoms with E-state index in [-0.39, 0.29) is 18.1 Å². The molecular formula is C14H20N4O3. The van der Waals surface area contributed by atoms with Gasteiger partial charge in [-0.1, -0.05) is 19.3 Å². The zero-order valence-electron chi connectivity index (χ0n) is 12.1. The summed E-state index contributed by atoms with van der Waals surface area (Å²) in [7, 11) is 1.83. The van der Waals surface area contributed by atoms with Crippen LogP contribution >= 0.6 is 0 Å². The Morgan fingerprint density at radius 3 is 2.57 bits per heavy atom. The number of carboxylic acid groups (broad SMARTS) is 1. The van der Waals surface area contributed by atoms with E-state index in [0.717, 1.165) is 12.8 Å². The molecule has 0 aliphatic heterocycles. The molecule has 7 nitrogen and oxygen atoms in total. The highest BCUT2D eigenvalue weighted by Gasteiger charge is 2.21. The topological polar surface area (TPSA) is 95.4 Å². The number of carbonyl (C=O) groups is 2. The van der Waals surface area contributed by atoms with E-state index in [0.29, 0.717) is 11.9 Å². The Balaban J connectivity index is 1.83. The molecule has 1 aliphatic rings. The Hall–Kier alpha value is -2.18. The molecule has 114 valence electrons. The summed E-state index contributed by atoms with van der Waals surface area (Å²) in [5.41, 5.74) is -0.119. The monoisotopic (exact) mass is 292 g/mol. The summed E-state index contributed by atoms with van der Waals surface area (Å²) in [6, 6.07) is 0.327. The van der Waals surface area contributed by atoms with Crippen LogP contribution in [0.1, 0.15) is 42.6 Å². The Morgan fingerprint density at radius 2 is 2.00 bits per heavy atom. The van der Waals surface area contributed by atoms with Gasteiger partial charge in [0.25, 0.3) is 0 Å². The lowest BCUT2D eigenvalue weighted by Gasteiger charge is -2.31. The first kappa shape index (κ1) is 15.2. The Labute approximate surface area is 123 Å². The zero-order valence-corrected chi connectivity index (χ0v) is 12.1. The predicted octanol–water partition coefficient (Wildman–Crippen LogP) is 1.38. The van der Waals surface area contributed by atoms with E-state index < -0.39 is 5.97 Å². The minimum Gasteiger partial charge on any atom is -0.476 e. The largest absolute Gasteiger partial charge is 0.476 e. The SMILES string of the molecule is CN(C(=O)CNc1cnc(C(=O)O)cn1)C1CCCCC1. The highest BCUT2D eigenvalue weighted by Crippen LogP contribution is 2.21. The molecule has 0 unspecified atom stereocenters. The Morgan fingerprint density at radius 1 is 1.29 bits per heavy atom. The number of likely N-dealkylation sites (N-methyl/N-ethyl adjacent to an activating group) is 1. The number of rotatable bonds is 5. The van der Waals surface area contributed by atoms with Gasteiger partial charge < -0.3 is 15.3 Å². The van der Waals surface area contributed by atoms with E-state index in [1.807, 2.05) is 7.05 Å². The van der Waals surface area contributed by atoms with Crippen molar-refractivity contribution in [3.05, 3.63) is 18.1 Å². The first-order valence-electron chi connectivity index (χ1n) is 7.13. The summed E-state index contributed by atoms with van der Waals surface area (Å²) < 4.78 is 0. The van der Waals surface area contributed by atoms with E-state index in [2.05, 4.69) is 15.3 Å². The summed E-state index contributed by atoms with van der Waals surface area (Å²) in [4.78, 5) is 32.2. The normalized spacial score (nSPS) is 15.5. The second-order valence-corrected chi connectivity index (χ2v) is 5.24. The van der Waals surface area contributed by atoms with Crippen molar-refractivity contribution in [2.45, 2.75) is 38.1 Å². The summed E-state index contributed by atoms with van der Waals surface area (Å²) >= 11 is 0. The molecule has 2 rings (SSSR count). The second-order valence-electron chi connectivity index (χ2n) is 5.24. The first-order valence-corrected chi connectivity index (χ1v) is 7.13. The maximum absolute atomic E-state index is 12.1. The molecule has 0 aromatic carbocycles. The van der Waals surface area contributed by atoms with Crippen molar-refractivity contribution in [2.24, 2.45) is 0 Å². The predicted molar refractivity (Wildman–Crippen MR) is 77.1 cm³/mol. The van der Waals surface area contributed by atoms with Crippen LogP contribution < -0.4 is 5.32 Å². The molecule has 0 atom stereocenters. The standard InChI is InChI=1S/C14H20N4O3/c1-18(10-5-3-2-4-6-10)13(19)9-17-12-8-15-11(7-16-12)14(20)21/h7-8,10H,2-6,9H2,1H3,(H,16,17)(H,20,21). The van der Waals surface area contributed by atoms with Crippen LogP contribution in [0, 0.1) is 0 Å². The molecule has 7 heteroatoms. The maximum Gasteiger partial charge on any atom is 0.356 e. The van der Waals surface area contributed by atoms with Crippen LogP contribution in [-0.2, 0) is 4.79 Å². The number of hydrogen-bond acceptors (Lipinski definition) is 5. The highest BCUT2D eigenvalue weighted by molar-refractivity contribution is 5.85. The van der Waals surface area contributed by atoms with Gasteiger partial charge in [-0.25, -0.2) is 14.8 Å². The van der Waals surface area contributed by atoms with Crippen molar-refractivity contribution in [2.75, 3.05) is 18.9 Å². The third-order valence-electron chi connectivity index (χ3n) is 3.81. The summed E-state index contributed by atoms with van der Waals surface area (Å²) in [5.74, 6) is -0.724. The number of carboxylic acids is 1. The molecule has 1 amide bonds. The van der Waals surface area contributed by atoms with E-state index in [9.17, 15) is 9.59 Å². The van der Waals surface area contributed by atoms with Crippen LogP contribution in [0.3, 0.4) is 0 Å². The highest BCUT2D eigenvalue weighted by atomic mass is 16.4. The number of aromatic nitrogens is 2. The Kier molecular flexibility index (Phi) is 5.08. The number of carbonyl (C=O) groups excluding carboxylic acids is 1. The molecule has 0 saturated heterocycles. The number of nitrogens with one attached hydrogen (secondary N) is 1. The van der Waals surface area contributed by atoms with Gasteiger partial charge in [0.05, 0.1) is 18.9 Å². The fourth-order valence-corrected chi connectivity index (χ4v) is 2.49. The summed E-state index contributed by atoms with van der Waals surface area (Å²) in [5, 5.41) is 11.6. The average molecular weight is 292 g/mol. The molecule has 1 saturated carbocycles. The minimum absolute atomic E-state index is 0.00557. The van der Waals surface area contributed by atoms with E-state index in [1.165, 1.54) is 31.7 Å². The van der Waals surface area contributed by atoms with Crippen LogP contribution in [0.5, 0.6) is 0 Å². The quantitative estimate of drug-likeness (QED) is 0.851. The molecule has 1 heterocycles. The van der Waals surface area contributed by atoms with Gasteiger partial charge in [0, 0.05) is 13.1 Å². The summed E-state index contributed by atoms with van der Waals surface area (Å²) in [6.07, 6.45) is 8.22. The van der Waals surface area contributed by atoms with Crippen molar-refractivity contribution in [1.29, 1.82) is 0 Å². The summed E-state index contributed by atoms with van der Waals surface area (Å²) in [6.45, 7) is 0.133. The fourth-order valence-electron chi connectivity index (χ4n) is 2.49. The molecule has 2 N–H and O–H groups in total. The number of amides is 1. The van der Waals surface area contributed by atoms with Gasteiger partial charge in [-0.2, -0.15) is 0 Å². The van der Waals surface area contributed by atoms with Crippen LogP contribution in [0.15, 0.2) is 12.4 Å². The van der Waals surface area contributed by atoms with Crippen LogP contribution in [0.25, 0.3) is 0 Å². The van der Waals surface area contributed by atoms with Gasteiger partial charge in [-0.15, -0.1) is 0 Å². The number of anilines is 1. The molecule has 1 aliphatic carbocycles. The fraction of sp³-hybridized carbons (Fsp3) is 0.571. The van der Waals surface area contributed by atoms with E-state index in [1.54, 1.807) is 4.90 Å². The second kappa shape index (κ2) is 7.01. The minimum atomic E-state index is -1.12. The van der Waals surface area contributed by atoms with Crippen LogP contribution in [0.2, 0.25) is 0 Å². The average Bonchev–Trinajstić information content (AvgIpc) is 2.53. The van der Waals surface area contributed by atoms with Gasteiger partial charge >= 0.3 is 5.97 Å². The molecule has 0 bridgehead atoms. The Bertz CT molecular complexity index is 497. The van der Waals surface area contributed by atoms with Crippen molar-refractivity contribution >= 4 is 17.7 Å². The molecule has 1 aromatic heterocycles. The smallest absolute Gasteiger partial charge is 0.356 e. The zero-order chi connectivity index (χ0) is 15.2. The van der Waals surface area contributed by atoms with Crippen LogP contribution in [-0.4, -0.2) is 51.5 Å². The van der Waals surface area contributed by atoms with Gasteiger partial charge in [0.15, 0.2) is 5.69 Å².